The first-order chi connectivity index (χ1) is 17.4. The Labute approximate surface area is 224 Å². The summed E-state index contributed by atoms with van der Waals surface area (Å²) >= 11 is 12.6. The largest absolute Gasteiger partial charge is 0.341 e. The van der Waals surface area contributed by atoms with Crippen molar-refractivity contribution in [2.24, 2.45) is 0 Å². The Morgan fingerprint density at radius 2 is 1.69 bits per heavy atom. The summed E-state index contributed by atoms with van der Waals surface area (Å²) in [5.74, 6) is 0.202. The molecule has 5 rings (SSSR count). The molecule has 0 aromatic heterocycles. The van der Waals surface area contributed by atoms with Crippen LogP contribution in [0.2, 0.25) is 10.0 Å². The summed E-state index contributed by atoms with van der Waals surface area (Å²) in [6.07, 6.45) is 7.96. The molecule has 0 unspecified atom stereocenters. The molecular weight excluding hydrogens is 487 g/mol. The third kappa shape index (κ3) is 5.25. The van der Waals surface area contributed by atoms with E-state index in [-0.39, 0.29) is 17.2 Å². The average molecular weight is 520 g/mol. The number of fused-ring (bicyclic) bond motifs is 2. The van der Waals surface area contributed by atoms with Crippen LogP contribution in [0, 0.1) is 0 Å². The molecule has 1 atom stereocenters. The van der Waals surface area contributed by atoms with Gasteiger partial charge in [0.05, 0.1) is 10.0 Å². The standard InChI is InChI=1S/C31H32Cl2N2O/c1-34(30(36)24-8-3-2-4-9-24)22-26(25-11-12-28(32)29(33)21-25)14-18-35-19-16-31(17-20-35)15-13-23-7-5-6-10-27(23)31/h2-13,15,21,26H,14,16-20,22H2,1H3/t26-/m1/s1. The number of nitrogens with zero attached hydrogens (tertiary/aromatic N) is 2. The summed E-state index contributed by atoms with van der Waals surface area (Å²) in [4.78, 5) is 17.4. The smallest absolute Gasteiger partial charge is 0.253 e. The van der Waals surface area contributed by atoms with Crippen LogP contribution in [0.25, 0.3) is 6.08 Å². The first-order valence-electron chi connectivity index (χ1n) is 12.7. The molecule has 1 aliphatic heterocycles. The first-order valence-corrected chi connectivity index (χ1v) is 13.5. The van der Waals surface area contributed by atoms with Crippen LogP contribution in [0.5, 0.6) is 0 Å². The number of benzene rings is 3. The molecule has 1 spiro atoms. The lowest BCUT2D eigenvalue weighted by atomic mass is 9.74. The summed E-state index contributed by atoms with van der Waals surface area (Å²) < 4.78 is 0. The van der Waals surface area contributed by atoms with Crippen molar-refractivity contribution in [2.45, 2.75) is 30.6 Å². The van der Waals surface area contributed by atoms with Gasteiger partial charge in [0.15, 0.2) is 0 Å². The van der Waals surface area contributed by atoms with Crippen LogP contribution in [0.1, 0.15) is 52.2 Å². The molecule has 0 saturated carbocycles. The van der Waals surface area contributed by atoms with Gasteiger partial charge in [-0.1, -0.05) is 83.9 Å². The van der Waals surface area contributed by atoms with Gasteiger partial charge in [0.2, 0.25) is 0 Å². The molecule has 1 saturated heterocycles. The lowest BCUT2D eigenvalue weighted by Gasteiger charge is -2.40. The van der Waals surface area contributed by atoms with E-state index in [2.05, 4.69) is 41.3 Å². The number of likely N-dealkylation sites (N-methyl/N-ethyl adjacent to an activating group) is 1. The fourth-order valence-electron chi connectivity index (χ4n) is 5.73. The molecule has 5 heteroatoms. The summed E-state index contributed by atoms with van der Waals surface area (Å²) in [6, 6.07) is 24.1. The second kappa shape index (κ2) is 10.8. The van der Waals surface area contributed by atoms with Gasteiger partial charge in [-0.05, 0) is 79.9 Å². The van der Waals surface area contributed by atoms with E-state index in [4.69, 9.17) is 23.2 Å². The van der Waals surface area contributed by atoms with Gasteiger partial charge in [-0.25, -0.2) is 0 Å². The molecule has 0 bridgehead atoms. The minimum Gasteiger partial charge on any atom is -0.341 e. The number of amides is 1. The van der Waals surface area contributed by atoms with E-state index in [0.29, 0.717) is 22.2 Å². The lowest BCUT2D eigenvalue weighted by Crippen LogP contribution is -2.42. The SMILES string of the molecule is CN(C[C@@H](CCN1CCC2(C=Cc3ccccc32)CC1)c1ccc(Cl)c(Cl)c1)C(=O)c1ccccc1. The van der Waals surface area contributed by atoms with E-state index in [1.165, 1.54) is 11.1 Å². The highest BCUT2D eigenvalue weighted by atomic mass is 35.5. The molecule has 36 heavy (non-hydrogen) atoms. The van der Waals surface area contributed by atoms with Crippen molar-refractivity contribution in [1.82, 2.24) is 9.80 Å². The maximum atomic E-state index is 13.0. The second-order valence-corrected chi connectivity index (χ2v) is 10.9. The topological polar surface area (TPSA) is 23.6 Å². The van der Waals surface area contributed by atoms with Crippen LogP contribution in [-0.2, 0) is 5.41 Å². The fourth-order valence-corrected chi connectivity index (χ4v) is 6.04. The van der Waals surface area contributed by atoms with Crippen molar-refractivity contribution in [3.8, 4) is 0 Å². The van der Waals surface area contributed by atoms with Gasteiger partial charge in [-0.2, -0.15) is 0 Å². The Morgan fingerprint density at radius 3 is 2.44 bits per heavy atom. The van der Waals surface area contributed by atoms with Crippen molar-refractivity contribution in [2.75, 3.05) is 33.2 Å². The Hall–Kier alpha value is -2.59. The minimum absolute atomic E-state index is 0.0345. The molecular formula is C31H32Cl2N2O. The number of likely N-dealkylation sites (tertiary alicyclic amines) is 1. The summed E-state index contributed by atoms with van der Waals surface area (Å²) in [5, 5.41) is 1.11. The summed E-state index contributed by atoms with van der Waals surface area (Å²) in [6.45, 7) is 3.76. The molecule has 3 aromatic rings. The zero-order valence-electron chi connectivity index (χ0n) is 20.7. The Kier molecular flexibility index (Phi) is 7.52. The van der Waals surface area contributed by atoms with Crippen LogP contribution in [0.3, 0.4) is 0 Å². The minimum atomic E-state index is 0.0345. The number of halogens is 2. The second-order valence-electron chi connectivity index (χ2n) is 10.1. The van der Waals surface area contributed by atoms with Crippen LogP contribution >= 0.6 is 23.2 Å². The van der Waals surface area contributed by atoms with Crippen LogP contribution < -0.4 is 0 Å². The predicted octanol–water partition coefficient (Wildman–Crippen LogP) is 7.30. The molecule has 1 aliphatic carbocycles. The van der Waals surface area contributed by atoms with E-state index in [9.17, 15) is 4.79 Å². The number of hydrogen-bond donors (Lipinski definition) is 0. The van der Waals surface area contributed by atoms with Crippen molar-refractivity contribution >= 4 is 35.2 Å². The monoisotopic (exact) mass is 518 g/mol. The summed E-state index contributed by atoms with van der Waals surface area (Å²) in [7, 11) is 1.88. The molecule has 186 valence electrons. The number of hydrogen-bond acceptors (Lipinski definition) is 2. The average Bonchev–Trinajstić information content (AvgIpc) is 3.27. The van der Waals surface area contributed by atoms with E-state index >= 15 is 0 Å². The fraction of sp³-hybridized carbons (Fsp3) is 0.323. The van der Waals surface area contributed by atoms with Crippen molar-refractivity contribution in [1.29, 1.82) is 0 Å². The molecule has 3 nitrogen and oxygen atoms in total. The van der Waals surface area contributed by atoms with Gasteiger partial charge in [0, 0.05) is 30.5 Å². The first kappa shape index (κ1) is 25.1. The van der Waals surface area contributed by atoms with Gasteiger partial charge >= 0.3 is 0 Å². The van der Waals surface area contributed by atoms with E-state index in [1.807, 2.05) is 60.5 Å². The van der Waals surface area contributed by atoms with E-state index < -0.39 is 0 Å². The number of carbonyl (C=O) groups is 1. The molecule has 3 aromatic carbocycles. The molecule has 1 fully saturated rings. The number of rotatable bonds is 7. The summed E-state index contributed by atoms with van der Waals surface area (Å²) in [5.41, 5.74) is 4.88. The van der Waals surface area contributed by atoms with Crippen molar-refractivity contribution in [3.05, 3.63) is 111 Å². The normalized spacial score (nSPS) is 17.2. The van der Waals surface area contributed by atoms with Gasteiger partial charge in [0.1, 0.15) is 0 Å². The van der Waals surface area contributed by atoms with E-state index in [1.54, 1.807) is 0 Å². The van der Waals surface area contributed by atoms with Crippen LogP contribution in [0.4, 0.5) is 0 Å². The van der Waals surface area contributed by atoms with Gasteiger partial charge in [-0.15, -0.1) is 0 Å². The molecule has 1 heterocycles. The molecule has 2 aliphatic rings. The zero-order valence-corrected chi connectivity index (χ0v) is 22.2. The molecule has 1 amide bonds. The molecule has 0 radical (unpaired) electrons. The predicted molar refractivity (Wildman–Crippen MR) is 150 cm³/mol. The Bertz CT molecular complexity index is 1250. The Morgan fingerprint density at radius 1 is 0.972 bits per heavy atom. The third-order valence-electron chi connectivity index (χ3n) is 7.90. The zero-order chi connectivity index (χ0) is 25.1. The quantitative estimate of drug-likeness (QED) is 0.327. The van der Waals surface area contributed by atoms with Crippen LogP contribution in [-0.4, -0.2) is 48.9 Å². The van der Waals surface area contributed by atoms with E-state index in [0.717, 1.165) is 44.5 Å². The van der Waals surface area contributed by atoms with Gasteiger partial charge in [-0.3, -0.25) is 4.79 Å². The number of piperidine rings is 1. The lowest BCUT2D eigenvalue weighted by molar-refractivity contribution is 0.0781. The third-order valence-corrected chi connectivity index (χ3v) is 8.64. The Balaban J connectivity index is 1.26. The maximum Gasteiger partial charge on any atom is 0.253 e. The highest BCUT2D eigenvalue weighted by Crippen LogP contribution is 2.43. The van der Waals surface area contributed by atoms with Gasteiger partial charge < -0.3 is 9.80 Å². The highest BCUT2D eigenvalue weighted by Gasteiger charge is 2.37. The number of allylic oxidation sites excluding steroid dienone is 1. The highest BCUT2D eigenvalue weighted by molar-refractivity contribution is 6.42. The van der Waals surface area contributed by atoms with Crippen molar-refractivity contribution < 1.29 is 4.79 Å². The maximum absolute atomic E-state index is 13.0. The van der Waals surface area contributed by atoms with Crippen molar-refractivity contribution in [3.63, 3.8) is 0 Å². The van der Waals surface area contributed by atoms with Crippen LogP contribution in [0.15, 0.2) is 78.9 Å². The van der Waals surface area contributed by atoms with Gasteiger partial charge in [0.25, 0.3) is 5.91 Å². The number of carbonyl (C=O) groups excluding carboxylic acids is 1. The molecule has 0 N–H and O–H groups in total.